The molecule has 0 bridgehead atoms. The Kier molecular flexibility index (Phi) is 10.2. The third kappa shape index (κ3) is 8.30. The summed E-state index contributed by atoms with van der Waals surface area (Å²) in [5.41, 5.74) is 7.35. The quantitative estimate of drug-likeness (QED) is 0.0529. The van der Waals surface area contributed by atoms with Crippen LogP contribution in [-0.4, -0.2) is 36.2 Å². The lowest BCUT2D eigenvalue weighted by atomic mass is 10.0. The molecule has 19 heteroatoms. The van der Waals surface area contributed by atoms with Gasteiger partial charge in [-0.1, -0.05) is 47.5 Å². The lowest BCUT2D eigenvalue weighted by Gasteiger charge is -2.14. The maximum absolute atomic E-state index is 12.4. The van der Waals surface area contributed by atoms with Gasteiger partial charge < -0.3 is 15.9 Å². The van der Waals surface area contributed by atoms with Crippen LogP contribution in [0.1, 0.15) is 0 Å². The van der Waals surface area contributed by atoms with Crippen molar-refractivity contribution in [2.75, 3.05) is 5.73 Å². The second-order valence-electron chi connectivity index (χ2n) is 11.1. The van der Waals surface area contributed by atoms with Crippen molar-refractivity contribution in [1.29, 1.82) is 0 Å². The molecule has 0 aromatic heterocycles. The summed E-state index contributed by atoms with van der Waals surface area (Å²) in [4.78, 5) is -1.83. The van der Waals surface area contributed by atoms with Crippen LogP contribution in [0.15, 0.2) is 144 Å². The summed E-state index contributed by atoms with van der Waals surface area (Å²) in [5.74, 6) is -0.787. The molecule has 0 aliphatic carbocycles. The number of benzene rings is 6. The van der Waals surface area contributed by atoms with Gasteiger partial charge in [0.2, 0.25) is 0 Å². The molecule has 53 heavy (non-hydrogen) atoms. The van der Waals surface area contributed by atoms with Crippen molar-refractivity contribution in [3.8, 4) is 22.6 Å². The number of nitrogen functional groups attached to an aromatic ring is 1. The van der Waals surface area contributed by atoms with Gasteiger partial charge in [-0.3, -0.25) is 9.11 Å². The van der Waals surface area contributed by atoms with Crippen molar-refractivity contribution in [2.24, 2.45) is 30.7 Å². The molecule has 0 radical (unpaired) electrons. The fraction of sp³-hybridized carbons (Fsp3) is 0. The predicted octanol–water partition coefficient (Wildman–Crippen LogP) is 10.5. The average molecular weight is 793 g/mol. The molecule has 0 atom stereocenters. The number of rotatable bonds is 9. The second-order valence-corrected chi connectivity index (χ2v) is 14.7. The first kappa shape index (κ1) is 37.0. The normalized spacial score (nSPS) is 12.5. The molecule has 0 aliphatic heterocycles. The van der Waals surface area contributed by atoms with Crippen LogP contribution >= 0.6 is 23.2 Å². The van der Waals surface area contributed by atoms with Crippen LogP contribution in [0, 0.1) is 0 Å². The van der Waals surface area contributed by atoms with E-state index in [1.54, 1.807) is 48.5 Å². The largest absolute Gasteiger partial charge is 0.508 e. The molecule has 6 aromatic carbocycles. The predicted molar refractivity (Wildman–Crippen MR) is 199 cm³/mol. The summed E-state index contributed by atoms with van der Waals surface area (Å²) in [6.45, 7) is 0. The van der Waals surface area contributed by atoms with E-state index in [1.807, 2.05) is 12.1 Å². The number of phenols is 2. The topological polar surface area (TPSA) is 249 Å². The molecule has 0 saturated heterocycles. The van der Waals surface area contributed by atoms with Gasteiger partial charge in [-0.2, -0.15) is 32.2 Å². The number of nitrogens with two attached hydrogens (primary N) is 1. The Bertz CT molecular complexity index is 2710. The average Bonchev–Trinajstić information content (AvgIpc) is 3.11. The van der Waals surface area contributed by atoms with Gasteiger partial charge in [-0.15, -0.1) is 15.3 Å². The van der Waals surface area contributed by atoms with Crippen molar-refractivity contribution in [3.63, 3.8) is 0 Å². The van der Waals surface area contributed by atoms with Gasteiger partial charge in [0.15, 0.2) is 5.75 Å². The maximum Gasteiger partial charge on any atom is 0.296 e. The SMILES string of the molecule is Nc1c(N=Nc2cc(Cl)ccc2Cl)c(S(=O)(=O)O)cc2cc(S(=O)(=O)O)c(N=Nc3ccc(-c4ccc(N=Nc5ccc(O)cc5)cc4)cc3)c(O)c12. The van der Waals surface area contributed by atoms with E-state index in [1.165, 1.54) is 30.3 Å². The third-order valence-corrected chi connectivity index (χ3v) is 9.79. The van der Waals surface area contributed by atoms with E-state index in [2.05, 4.69) is 30.7 Å². The summed E-state index contributed by atoms with van der Waals surface area (Å²) in [5, 5.41) is 44.4. The highest BCUT2D eigenvalue weighted by molar-refractivity contribution is 7.86. The number of nitrogens with zero attached hydrogens (tertiary/aromatic N) is 6. The molecule has 268 valence electrons. The highest BCUT2D eigenvalue weighted by Crippen LogP contribution is 2.48. The monoisotopic (exact) mass is 791 g/mol. The number of phenolic OH excluding ortho intramolecular Hbond substituents is 2. The first-order valence-electron chi connectivity index (χ1n) is 14.9. The molecule has 6 aromatic rings. The third-order valence-electron chi connectivity index (χ3n) is 7.50. The Morgan fingerprint density at radius 2 is 1.00 bits per heavy atom. The minimum atomic E-state index is -5.11. The number of azo groups is 3. The van der Waals surface area contributed by atoms with Crippen molar-refractivity contribution >= 4 is 94.0 Å². The van der Waals surface area contributed by atoms with Crippen molar-refractivity contribution in [1.82, 2.24) is 0 Å². The molecular formula is C34H23Cl2N7O8S2. The molecule has 15 nitrogen and oxygen atoms in total. The molecular weight excluding hydrogens is 769 g/mol. The van der Waals surface area contributed by atoms with Crippen LogP contribution < -0.4 is 5.73 Å². The minimum Gasteiger partial charge on any atom is -0.508 e. The molecule has 6 N–H and O–H groups in total. The van der Waals surface area contributed by atoms with Crippen molar-refractivity contribution in [2.45, 2.75) is 9.79 Å². The molecule has 6 rings (SSSR count). The number of fused-ring (bicyclic) bond motifs is 1. The fourth-order valence-electron chi connectivity index (χ4n) is 4.95. The second kappa shape index (κ2) is 14.7. The summed E-state index contributed by atoms with van der Waals surface area (Å²) < 4.78 is 69.6. The number of hydrogen-bond donors (Lipinski definition) is 5. The summed E-state index contributed by atoms with van der Waals surface area (Å²) >= 11 is 12.1. The van der Waals surface area contributed by atoms with E-state index in [0.29, 0.717) is 11.4 Å². The number of hydrogen-bond acceptors (Lipinski definition) is 13. The Morgan fingerprint density at radius 1 is 0.547 bits per heavy atom. The van der Waals surface area contributed by atoms with Gasteiger partial charge >= 0.3 is 0 Å². The molecule has 0 heterocycles. The number of aromatic hydroxyl groups is 2. The van der Waals surface area contributed by atoms with Crippen molar-refractivity contribution in [3.05, 3.63) is 113 Å². The van der Waals surface area contributed by atoms with Crippen LogP contribution in [0.4, 0.5) is 39.8 Å². The van der Waals surface area contributed by atoms with Gasteiger partial charge in [0.05, 0.1) is 33.2 Å². The standard InChI is InChI=1S/C34H23Cl2N7O8S2/c35-21-5-14-26(36)27(17-21)41-42-32-28(52(46,47)48)15-20-16-29(53(49,50)51)33(34(45)30(20)31(32)37)43-40-23-8-3-19(4-9-23)18-1-6-22(7-2-18)38-39-24-10-12-25(44)13-11-24/h1-17,44-45H,37H2,(H,46,47,48)(H,49,50,51). The van der Waals surface area contributed by atoms with E-state index in [0.717, 1.165) is 23.3 Å². The smallest absolute Gasteiger partial charge is 0.296 e. The Labute approximate surface area is 310 Å². The fourth-order valence-corrected chi connectivity index (χ4v) is 6.60. The van der Waals surface area contributed by atoms with Gasteiger partial charge in [-0.05, 0) is 95.4 Å². The van der Waals surface area contributed by atoms with E-state index in [9.17, 15) is 36.2 Å². The Hall–Kier alpha value is -5.82. The first-order chi connectivity index (χ1) is 25.1. The molecule has 0 saturated carbocycles. The number of anilines is 1. The zero-order chi connectivity index (χ0) is 38.1. The molecule has 0 fully saturated rings. The highest BCUT2D eigenvalue weighted by atomic mass is 35.5. The van der Waals surface area contributed by atoms with Crippen LogP contribution in [0.5, 0.6) is 11.5 Å². The summed E-state index contributed by atoms with van der Waals surface area (Å²) in [6.07, 6.45) is 0. The summed E-state index contributed by atoms with van der Waals surface area (Å²) in [7, 11) is -10.2. The molecule has 0 amide bonds. The van der Waals surface area contributed by atoms with Gasteiger partial charge in [0.25, 0.3) is 20.2 Å². The lowest BCUT2D eigenvalue weighted by Crippen LogP contribution is -2.03. The zero-order valence-electron chi connectivity index (χ0n) is 26.6. The van der Waals surface area contributed by atoms with E-state index in [4.69, 9.17) is 28.9 Å². The summed E-state index contributed by atoms with van der Waals surface area (Å²) in [6, 6.07) is 25.8. The van der Waals surface area contributed by atoms with Crippen LogP contribution in [0.25, 0.3) is 21.9 Å². The van der Waals surface area contributed by atoms with Gasteiger partial charge in [0.1, 0.15) is 32.6 Å². The zero-order valence-corrected chi connectivity index (χ0v) is 29.7. The van der Waals surface area contributed by atoms with Crippen LogP contribution in [0.2, 0.25) is 10.0 Å². The van der Waals surface area contributed by atoms with Crippen molar-refractivity contribution < 1.29 is 36.2 Å². The molecule has 0 aliphatic rings. The van der Waals surface area contributed by atoms with Gasteiger partial charge in [0, 0.05) is 5.02 Å². The van der Waals surface area contributed by atoms with Gasteiger partial charge in [-0.25, -0.2) is 0 Å². The van der Waals surface area contributed by atoms with E-state index >= 15 is 0 Å². The molecule has 0 unspecified atom stereocenters. The Morgan fingerprint density at radius 3 is 1.51 bits per heavy atom. The highest BCUT2D eigenvalue weighted by Gasteiger charge is 2.28. The maximum atomic E-state index is 12.4. The van der Waals surface area contributed by atoms with Crippen LogP contribution in [0.3, 0.4) is 0 Å². The lowest BCUT2D eigenvalue weighted by molar-refractivity contribution is 0.472. The molecule has 0 spiro atoms. The van der Waals surface area contributed by atoms with E-state index < -0.39 is 52.8 Å². The van der Waals surface area contributed by atoms with E-state index in [-0.39, 0.29) is 37.9 Å². The minimum absolute atomic E-state index is 0.0110. The Balaban J connectivity index is 1.35. The first-order valence-corrected chi connectivity index (χ1v) is 18.5. The number of halogens is 2. The van der Waals surface area contributed by atoms with Crippen LogP contribution in [-0.2, 0) is 20.2 Å².